The SMILES string of the molecule is CC(C)(C)c1ccc(-c2ccc(N3c4ccc(-c5ccc(C(C)(C)C)cc5)cc4Bc4c(-c5cc(O)ccc5Nc5ccc(-c6ccccc6)cc5)cc5ccccc5c43)cc2)cc1. The Hall–Kier alpha value is -7.30. The third-order valence-corrected chi connectivity index (χ3v) is 12.9. The van der Waals surface area contributed by atoms with Crippen LogP contribution in [0.4, 0.5) is 28.4 Å². The van der Waals surface area contributed by atoms with Crippen LogP contribution in [0.3, 0.4) is 0 Å². The maximum Gasteiger partial charge on any atom is 0.198 e. The van der Waals surface area contributed by atoms with Crippen molar-refractivity contribution in [3.05, 3.63) is 205 Å². The van der Waals surface area contributed by atoms with Crippen molar-refractivity contribution in [2.45, 2.75) is 52.4 Å². The lowest BCUT2D eigenvalue weighted by Crippen LogP contribution is -2.41. The van der Waals surface area contributed by atoms with Crippen LogP contribution in [0.25, 0.3) is 55.3 Å². The molecule has 0 aromatic heterocycles. The van der Waals surface area contributed by atoms with Gasteiger partial charge in [-0.3, -0.25) is 0 Å². The Morgan fingerprint density at radius 2 is 1.00 bits per heavy atom. The van der Waals surface area contributed by atoms with Crippen LogP contribution in [0.1, 0.15) is 52.7 Å². The second-order valence-corrected chi connectivity index (χ2v) is 19.3. The maximum absolute atomic E-state index is 11.2. The Bertz CT molecular complexity index is 3140. The summed E-state index contributed by atoms with van der Waals surface area (Å²) in [4.78, 5) is 2.47. The predicted molar refractivity (Wildman–Crippen MR) is 276 cm³/mol. The molecule has 0 radical (unpaired) electrons. The van der Waals surface area contributed by atoms with Gasteiger partial charge in [0.2, 0.25) is 0 Å². The standard InChI is InChI=1S/C60H53BN2O/c1-59(2,3)46-25-16-40(17-26-46)42-22-31-49(32-23-42)63-56-35-24-44(43-18-27-47(28-19-43)60(4,5)6)37-54(56)61-57-53(36-45-14-10-11-15-51(45)58(57)63)52-38-50(64)33-34-55(52)62-48-29-20-41(21-30-48)39-12-8-7-9-13-39/h7-38,61-62,64H,1-6H3. The van der Waals surface area contributed by atoms with Gasteiger partial charge in [0.1, 0.15) is 5.75 Å². The average Bonchev–Trinajstić information content (AvgIpc) is 3.31. The number of nitrogens with one attached hydrogen (secondary N) is 1. The quantitative estimate of drug-likeness (QED) is 0.124. The molecule has 0 fully saturated rings. The molecule has 1 heterocycles. The first-order valence-electron chi connectivity index (χ1n) is 22.4. The molecule has 1 aliphatic heterocycles. The van der Waals surface area contributed by atoms with E-state index in [1.165, 1.54) is 60.9 Å². The summed E-state index contributed by atoms with van der Waals surface area (Å²) < 4.78 is 0. The molecule has 0 aliphatic carbocycles. The largest absolute Gasteiger partial charge is 0.508 e. The van der Waals surface area contributed by atoms with E-state index in [0.717, 1.165) is 44.8 Å². The van der Waals surface area contributed by atoms with E-state index in [0.29, 0.717) is 7.28 Å². The number of nitrogens with zero attached hydrogens (tertiary/aromatic N) is 1. The summed E-state index contributed by atoms with van der Waals surface area (Å²) >= 11 is 0. The van der Waals surface area contributed by atoms with Crippen LogP contribution in [-0.4, -0.2) is 12.4 Å². The first-order chi connectivity index (χ1) is 30.9. The molecule has 64 heavy (non-hydrogen) atoms. The minimum Gasteiger partial charge on any atom is -0.508 e. The number of aromatic hydroxyl groups is 1. The minimum atomic E-state index is 0.0778. The second kappa shape index (κ2) is 16.1. The highest BCUT2D eigenvalue weighted by Crippen LogP contribution is 2.44. The van der Waals surface area contributed by atoms with Gasteiger partial charge in [0.15, 0.2) is 7.28 Å². The van der Waals surface area contributed by atoms with Gasteiger partial charge in [-0.25, -0.2) is 0 Å². The van der Waals surface area contributed by atoms with Gasteiger partial charge in [0, 0.05) is 39.4 Å². The molecule has 4 heteroatoms. The van der Waals surface area contributed by atoms with E-state index >= 15 is 0 Å². The van der Waals surface area contributed by atoms with Crippen molar-refractivity contribution in [3.8, 4) is 50.3 Å². The van der Waals surface area contributed by atoms with Gasteiger partial charge in [-0.2, -0.15) is 0 Å². The van der Waals surface area contributed by atoms with Crippen LogP contribution in [0.2, 0.25) is 0 Å². The van der Waals surface area contributed by atoms with Crippen LogP contribution in [-0.2, 0) is 10.8 Å². The van der Waals surface area contributed by atoms with Crippen molar-refractivity contribution in [1.82, 2.24) is 0 Å². The van der Waals surface area contributed by atoms with Crippen LogP contribution < -0.4 is 21.1 Å². The summed E-state index contributed by atoms with van der Waals surface area (Å²) in [6.07, 6.45) is 0. The zero-order valence-electron chi connectivity index (χ0n) is 37.6. The zero-order chi connectivity index (χ0) is 44.2. The molecule has 2 N–H and O–H groups in total. The zero-order valence-corrected chi connectivity index (χ0v) is 37.6. The van der Waals surface area contributed by atoms with Crippen LogP contribution in [0, 0.1) is 0 Å². The normalized spacial score (nSPS) is 12.4. The van der Waals surface area contributed by atoms with E-state index in [1.807, 2.05) is 18.2 Å². The lowest BCUT2D eigenvalue weighted by molar-refractivity contribution is 0.475. The lowest BCUT2D eigenvalue weighted by Gasteiger charge is -2.36. The fraction of sp³-hybridized carbons (Fsp3) is 0.133. The minimum absolute atomic E-state index is 0.0778. The average molecular weight is 829 g/mol. The highest BCUT2D eigenvalue weighted by molar-refractivity contribution is 6.74. The number of rotatable bonds is 7. The van der Waals surface area contributed by atoms with Gasteiger partial charge in [-0.15, -0.1) is 0 Å². The van der Waals surface area contributed by atoms with Crippen molar-refractivity contribution in [3.63, 3.8) is 0 Å². The van der Waals surface area contributed by atoms with E-state index in [-0.39, 0.29) is 16.6 Å². The van der Waals surface area contributed by atoms with Crippen molar-refractivity contribution in [2.75, 3.05) is 10.2 Å². The Balaban J connectivity index is 1.13. The van der Waals surface area contributed by atoms with Gasteiger partial charge in [-0.05, 0) is 126 Å². The topological polar surface area (TPSA) is 35.5 Å². The number of anilines is 5. The van der Waals surface area contributed by atoms with Gasteiger partial charge >= 0.3 is 0 Å². The summed E-state index contributed by atoms with van der Waals surface area (Å²) in [6, 6.07) is 69.9. The van der Waals surface area contributed by atoms with Crippen molar-refractivity contribution in [2.24, 2.45) is 0 Å². The highest BCUT2D eigenvalue weighted by Gasteiger charge is 2.31. The molecule has 0 amide bonds. The molecule has 0 saturated heterocycles. The van der Waals surface area contributed by atoms with Crippen molar-refractivity contribution >= 4 is 57.4 Å². The van der Waals surface area contributed by atoms with E-state index in [2.05, 4.69) is 222 Å². The molecule has 0 saturated carbocycles. The molecule has 0 spiro atoms. The Labute approximate surface area is 379 Å². The summed E-state index contributed by atoms with van der Waals surface area (Å²) in [5, 5.41) is 17.3. The smallest absolute Gasteiger partial charge is 0.198 e. The molecule has 312 valence electrons. The molecule has 0 unspecified atom stereocenters. The van der Waals surface area contributed by atoms with Crippen molar-refractivity contribution < 1.29 is 5.11 Å². The molecule has 0 atom stereocenters. The second-order valence-electron chi connectivity index (χ2n) is 19.3. The molecule has 9 aromatic carbocycles. The number of hydrogen-bond acceptors (Lipinski definition) is 3. The molecular weight excluding hydrogens is 775 g/mol. The van der Waals surface area contributed by atoms with E-state index in [9.17, 15) is 5.11 Å². The van der Waals surface area contributed by atoms with Gasteiger partial charge in [0.25, 0.3) is 0 Å². The number of benzene rings is 9. The van der Waals surface area contributed by atoms with E-state index in [1.54, 1.807) is 6.07 Å². The van der Waals surface area contributed by atoms with E-state index in [4.69, 9.17) is 0 Å². The van der Waals surface area contributed by atoms with E-state index < -0.39 is 0 Å². The first kappa shape index (κ1) is 40.8. The molecule has 10 rings (SSSR count). The van der Waals surface area contributed by atoms with Crippen LogP contribution in [0.15, 0.2) is 194 Å². The Morgan fingerprint density at radius 3 is 1.62 bits per heavy atom. The monoisotopic (exact) mass is 828 g/mol. The molecular formula is C60H53BN2O. The fourth-order valence-electron chi connectivity index (χ4n) is 9.27. The fourth-order valence-corrected chi connectivity index (χ4v) is 9.27. The van der Waals surface area contributed by atoms with Crippen LogP contribution in [0.5, 0.6) is 5.75 Å². The number of hydrogen-bond donors (Lipinski definition) is 2. The molecule has 1 aliphatic rings. The Morgan fingerprint density at radius 1 is 0.469 bits per heavy atom. The number of fused-ring (bicyclic) bond motifs is 4. The summed E-state index contributed by atoms with van der Waals surface area (Å²) in [7, 11) is 0.717. The summed E-state index contributed by atoms with van der Waals surface area (Å²) in [5.41, 5.74) is 19.7. The van der Waals surface area contributed by atoms with Gasteiger partial charge in [-0.1, -0.05) is 187 Å². The first-order valence-corrected chi connectivity index (χ1v) is 22.4. The number of phenolic OH excluding ortho intramolecular Hbond substituents is 1. The third kappa shape index (κ3) is 7.86. The highest BCUT2D eigenvalue weighted by atomic mass is 16.3. The molecule has 3 nitrogen and oxygen atoms in total. The lowest BCUT2D eigenvalue weighted by atomic mass is 9.57. The predicted octanol–water partition coefficient (Wildman–Crippen LogP) is 14.7. The third-order valence-electron chi connectivity index (χ3n) is 12.9. The van der Waals surface area contributed by atoms with Gasteiger partial charge < -0.3 is 15.3 Å². The molecule has 9 aromatic rings. The van der Waals surface area contributed by atoms with Gasteiger partial charge in [0.05, 0.1) is 0 Å². The molecule has 0 bridgehead atoms. The van der Waals surface area contributed by atoms with Crippen molar-refractivity contribution in [1.29, 1.82) is 0 Å². The Kier molecular flexibility index (Phi) is 10.3. The summed E-state index contributed by atoms with van der Waals surface area (Å²) in [5.74, 6) is 0.224. The summed E-state index contributed by atoms with van der Waals surface area (Å²) in [6.45, 7) is 13.6. The van der Waals surface area contributed by atoms with Crippen LogP contribution >= 0.6 is 0 Å². The number of phenols is 1. The maximum atomic E-state index is 11.2.